The summed E-state index contributed by atoms with van der Waals surface area (Å²) in [7, 11) is 0. The van der Waals surface area contributed by atoms with Gasteiger partial charge in [0.2, 0.25) is 0 Å². The smallest absolute Gasteiger partial charge is 0.0713 e. The van der Waals surface area contributed by atoms with Gasteiger partial charge in [0.15, 0.2) is 0 Å². The summed E-state index contributed by atoms with van der Waals surface area (Å²) in [6.07, 6.45) is 2.10. The number of hydrogen-bond acceptors (Lipinski definition) is 2. The van der Waals surface area contributed by atoms with Gasteiger partial charge in [-0.2, -0.15) is 10.5 Å². The average Bonchev–Trinajstić information content (AvgIpc) is 2.26. The van der Waals surface area contributed by atoms with Crippen molar-refractivity contribution in [2.75, 3.05) is 0 Å². The van der Waals surface area contributed by atoms with E-state index in [1.807, 2.05) is 30.3 Å². The van der Waals surface area contributed by atoms with Gasteiger partial charge in [-0.25, -0.2) is 0 Å². The Kier molecular flexibility index (Phi) is 4.24. The number of rotatable bonds is 4. The van der Waals surface area contributed by atoms with Crippen molar-refractivity contribution in [1.29, 1.82) is 10.5 Å². The van der Waals surface area contributed by atoms with Gasteiger partial charge < -0.3 is 0 Å². The standard InChI is InChI=1S/C12H12N2/c13-9-5-4-8-12(10-14)11-6-2-1-3-7-11/h1-3,6-7,12H,4-5,8H2. The highest BCUT2D eigenvalue weighted by atomic mass is 14.3. The molecule has 0 saturated heterocycles. The van der Waals surface area contributed by atoms with Gasteiger partial charge in [-0.05, 0) is 18.4 Å². The summed E-state index contributed by atoms with van der Waals surface area (Å²) in [5.41, 5.74) is 1.05. The molecule has 1 aromatic carbocycles. The fourth-order valence-electron chi connectivity index (χ4n) is 1.38. The highest BCUT2D eigenvalue weighted by Gasteiger charge is 2.08. The number of hydrogen-bond donors (Lipinski definition) is 0. The Hall–Kier alpha value is -1.80. The Balaban J connectivity index is 2.57. The second-order valence-electron chi connectivity index (χ2n) is 3.14. The molecule has 1 unspecified atom stereocenters. The van der Waals surface area contributed by atoms with Crippen LogP contribution in [0.2, 0.25) is 0 Å². The van der Waals surface area contributed by atoms with E-state index in [4.69, 9.17) is 10.5 Å². The third-order valence-corrected chi connectivity index (χ3v) is 2.14. The molecule has 0 radical (unpaired) electrons. The van der Waals surface area contributed by atoms with E-state index in [1.165, 1.54) is 0 Å². The summed E-state index contributed by atoms with van der Waals surface area (Å²) < 4.78 is 0. The Labute approximate surface area is 84.4 Å². The van der Waals surface area contributed by atoms with Crippen molar-refractivity contribution < 1.29 is 0 Å². The minimum atomic E-state index is -0.0652. The van der Waals surface area contributed by atoms with Crippen LogP contribution in [0.1, 0.15) is 30.7 Å². The van der Waals surface area contributed by atoms with Gasteiger partial charge in [0.1, 0.15) is 0 Å². The molecule has 0 amide bonds. The molecule has 0 fully saturated rings. The zero-order valence-corrected chi connectivity index (χ0v) is 7.98. The van der Waals surface area contributed by atoms with E-state index in [9.17, 15) is 0 Å². The molecule has 1 atom stereocenters. The predicted octanol–water partition coefficient (Wildman–Crippen LogP) is 2.99. The van der Waals surface area contributed by atoms with E-state index in [2.05, 4.69) is 12.1 Å². The van der Waals surface area contributed by atoms with Crippen LogP contribution < -0.4 is 0 Å². The van der Waals surface area contributed by atoms with Crippen molar-refractivity contribution in [3.63, 3.8) is 0 Å². The van der Waals surface area contributed by atoms with Gasteiger partial charge in [-0.15, -0.1) is 0 Å². The third-order valence-electron chi connectivity index (χ3n) is 2.14. The van der Waals surface area contributed by atoms with Crippen LogP contribution >= 0.6 is 0 Å². The molecule has 2 heteroatoms. The summed E-state index contributed by atoms with van der Waals surface area (Å²) in [5, 5.41) is 17.3. The average molecular weight is 184 g/mol. The van der Waals surface area contributed by atoms with Crippen molar-refractivity contribution in [3.05, 3.63) is 35.9 Å². The Morgan fingerprint density at radius 1 is 1.14 bits per heavy atom. The zero-order chi connectivity index (χ0) is 10.2. The predicted molar refractivity (Wildman–Crippen MR) is 54.3 cm³/mol. The summed E-state index contributed by atoms with van der Waals surface area (Å²) in [6, 6.07) is 14.1. The summed E-state index contributed by atoms with van der Waals surface area (Å²) >= 11 is 0. The molecule has 14 heavy (non-hydrogen) atoms. The van der Waals surface area contributed by atoms with Gasteiger partial charge in [-0.1, -0.05) is 30.3 Å². The lowest BCUT2D eigenvalue weighted by Crippen LogP contribution is -1.94. The van der Waals surface area contributed by atoms with E-state index in [0.717, 1.165) is 18.4 Å². The fourth-order valence-corrected chi connectivity index (χ4v) is 1.38. The first-order valence-corrected chi connectivity index (χ1v) is 4.70. The van der Waals surface area contributed by atoms with Crippen LogP contribution in [0.4, 0.5) is 0 Å². The van der Waals surface area contributed by atoms with Crippen molar-refractivity contribution in [1.82, 2.24) is 0 Å². The number of benzene rings is 1. The Morgan fingerprint density at radius 2 is 1.86 bits per heavy atom. The molecule has 70 valence electrons. The third kappa shape index (κ3) is 2.92. The van der Waals surface area contributed by atoms with E-state index in [-0.39, 0.29) is 5.92 Å². The minimum Gasteiger partial charge on any atom is -0.198 e. The van der Waals surface area contributed by atoms with Crippen LogP contribution in [-0.2, 0) is 0 Å². The first-order valence-electron chi connectivity index (χ1n) is 4.70. The first-order chi connectivity index (χ1) is 6.88. The lowest BCUT2D eigenvalue weighted by atomic mass is 9.95. The maximum atomic E-state index is 8.95. The van der Waals surface area contributed by atoms with Gasteiger partial charge in [0.25, 0.3) is 0 Å². The van der Waals surface area contributed by atoms with Crippen molar-refractivity contribution >= 4 is 0 Å². The molecule has 0 bridgehead atoms. The summed E-state index contributed by atoms with van der Waals surface area (Å²) in [4.78, 5) is 0. The van der Waals surface area contributed by atoms with Crippen LogP contribution in [0.3, 0.4) is 0 Å². The van der Waals surface area contributed by atoms with E-state index >= 15 is 0 Å². The molecule has 0 saturated carbocycles. The van der Waals surface area contributed by atoms with Gasteiger partial charge >= 0.3 is 0 Å². The summed E-state index contributed by atoms with van der Waals surface area (Å²) in [5.74, 6) is -0.0652. The van der Waals surface area contributed by atoms with E-state index in [1.54, 1.807) is 0 Å². The van der Waals surface area contributed by atoms with Crippen LogP contribution in [0.25, 0.3) is 0 Å². The molecular formula is C12H12N2. The van der Waals surface area contributed by atoms with Crippen LogP contribution in [0, 0.1) is 22.7 Å². The van der Waals surface area contributed by atoms with Crippen molar-refractivity contribution in [2.45, 2.75) is 25.2 Å². The molecule has 0 aliphatic heterocycles. The largest absolute Gasteiger partial charge is 0.198 e. The van der Waals surface area contributed by atoms with Gasteiger partial charge in [-0.3, -0.25) is 0 Å². The molecule has 0 spiro atoms. The molecule has 0 heterocycles. The Bertz CT molecular complexity index is 343. The van der Waals surface area contributed by atoms with Crippen molar-refractivity contribution in [3.8, 4) is 12.1 Å². The molecule has 0 N–H and O–H groups in total. The Morgan fingerprint density at radius 3 is 2.43 bits per heavy atom. The second-order valence-corrected chi connectivity index (χ2v) is 3.14. The first kappa shape index (κ1) is 10.3. The molecule has 0 aromatic heterocycles. The topological polar surface area (TPSA) is 47.6 Å². The molecular weight excluding hydrogens is 172 g/mol. The lowest BCUT2D eigenvalue weighted by molar-refractivity contribution is 0.697. The quantitative estimate of drug-likeness (QED) is 0.675. The number of unbranched alkanes of at least 4 members (excludes halogenated alkanes) is 1. The highest BCUT2D eigenvalue weighted by molar-refractivity contribution is 5.24. The monoisotopic (exact) mass is 184 g/mol. The van der Waals surface area contributed by atoms with Crippen LogP contribution in [0.5, 0.6) is 0 Å². The molecule has 2 nitrogen and oxygen atoms in total. The van der Waals surface area contributed by atoms with Gasteiger partial charge in [0.05, 0.1) is 18.1 Å². The maximum absolute atomic E-state index is 8.95. The van der Waals surface area contributed by atoms with E-state index < -0.39 is 0 Å². The van der Waals surface area contributed by atoms with Crippen LogP contribution in [0.15, 0.2) is 30.3 Å². The molecule has 0 aliphatic carbocycles. The normalized spacial score (nSPS) is 11.3. The molecule has 1 rings (SSSR count). The molecule has 1 aromatic rings. The van der Waals surface area contributed by atoms with Gasteiger partial charge in [0, 0.05) is 6.42 Å². The van der Waals surface area contributed by atoms with E-state index in [0.29, 0.717) is 6.42 Å². The minimum absolute atomic E-state index is 0.0652. The second kappa shape index (κ2) is 5.78. The molecule has 0 aliphatic rings. The highest BCUT2D eigenvalue weighted by Crippen LogP contribution is 2.20. The summed E-state index contributed by atoms with van der Waals surface area (Å²) in [6.45, 7) is 0. The van der Waals surface area contributed by atoms with Crippen LogP contribution in [-0.4, -0.2) is 0 Å². The number of nitrogens with zero attached hydrogens (tertiary/aromatic N) is 2. The zero-order valence-electron chi connectivity index (χ0n) is 7.98. The lowest BCUT2D eigenvalue weighted by Gasteiger charge is -2.06. The van der Waals surface area contributed by atoms with Crippen molar-refractivity contribution in [2.24, 2.45) is 0 Å². The number of nitriles is 2. The fraction of sp³-hybridized carbons (Fsp3) is 0.333. The maximum Gasteiger partial charge on any atom is 0.0713 e. The SMILES string of the molecule is N#CCCCC(C#N)c1ccccc1.